The van der Waals surface area contributed by atoms with Crippen LogP contribution >= 0.6 is 24.0 Å². The maximum absolute atomic E-state index is 12.6. The maximum Gasteiger partial charge on any atom is 0.416 e. The van der Waals surface area contributed by atoms with E-state index >= 15 is 0 Å². The van der Waals surface area contributed by atoms with E-state index in [0.29, 0.717) is 32.2 Å². The first-order valence-electron chi connectivity index (χ1n) is 10.6. The average molecular weight is 573 g/mol. The molecule has 0 bridgehead atoms. The summed E-state index contributed by atoms with van der Waals surface area (Å²) in [6.45, 7) is 5.37. The number of benzene rings is 1. The van der Waals surface area contributed by atoms with Crippen molar-refractivity contribution in [3.05, 3.63) is 29.8 Å². The normalized spacial score (nSPS) is 22.9. The number of nitrogens with zero attached hydrogens (tertiary/aromatic N) is 2. The predicted octanol–water partition coefficient (Wildman–Crippen LogP) is 2.91. The zero-order valence-electron chi connectivity index (χ0n) is 18.0. The highest BCUT2D eigenvalue weighted by atomic mass is 127. The summed E-state index contributed by atoms with van der Waals surface area (Å²) < 4.78 is 54.9. The molecule has 182 valence electrons. The molecule has 32 heavy (non-hydrogen) atoms. The SMILES string of the molecule is CCNC(=NCC(O)COc1ccc(C(F)(F)F)cc1)N1CCOC(C2CCCO2)C1.I. The van der Waals surface area contributed by atoms with Gasteiger partial charge in [-0.25, -0.2) is 0 Å². The van der Waals surface area contributed by atoms with Gasteiger partial charge in [0.2, 0.25) is 0 Å². The number of ether oxygens (including phenoxy) is 3. The van der Waals surface area contributed by atoms with E-state index in [-0.39, 0.29) is 55.1 Å². The highest BCUT2D eigenvalue weighted by Crippen LogP contribution is 2.30. The first-order valence-corrected chi connectivity index (χ1v) is 10.6. The molecule has 2 N–H and O–H groups in total. The average Bonchev–Trinajstić information content (AvgIpc) is 3.30. The summed E-state index contributed by atoms with van der Waals surface area (Å²) in [4.78, 5) is 6.61. The van der Waals surface area contributed by atoms with Gasteiger partial charge in [0.1, 0.15) is 24.6 Å². The van der Waals surface area contributed by atoms with Crippen LogP contribution < -0.4 is 10.1 Å². The minimum Gasteiger partial charge on any atom is -0.491 e. The summed E-state index contributed by atoms with van der Waals surface area (Å²) >= 11 is 0. The standard InChI is InChI=1S/C21H30F3N3O4.HI/c1-2-25-20(27-9-11-30-19(13-27)18-4-3-10-29-18)26-12-16(28)14-31-17-7-5-15(6-8-17)21(22,23)24;/h5-8,16,18-19,28H,2-4,9-14H2,1H3,(H,25,26);1H. The number of hydrogen-bond acceptors (Lipinski definition) is 5. The molecule has 3 rings (SSSR count). The Morgan fingerprint density at radius 2 is 1.97 bits per heavy atom. The third-order valence-corrected chi connectivity index (χ3v) is 5.18. The van der Waals surface area contributed by atoms with Gasteiger partial charge < -0.3 is 29.5 Å². The molecule has 2 heterocycles. The van der Waals surface area contributed by atoms with Gasteiger partial charge in [-0.2, -0.15) is 13.2 Å². The van der Waals surface area contributed by atoms with Crippen LogP contribution in [0.3, 0.4) is 0 Å². The van der Waals surface area contributed by atoms with E-state index < -0.39 is 17.8 Å². The fourth-order valence-electron chi connectivity index (χ4n) is 3.59. The van der Waals surface area contributed by atoms with E-state index in [4.69, 9.17) is 14.2 Å². The van der Waals surface area contributed by atoms with Crippen LogP contribution in [0.4, 0.5) is 13.2 Å². The predicted molar refractivity (Wildman–Crippen MR) is 125 cm³/mol. The van der Waals surface area contributed by atoms with Crippen molar-refractivity contribution in [2.24, 2.45) is 4.99 Å². The monoisotopic (exact) mass is 573 g/mol. The molecule has 3 atom stereocenters. The van der Waals surface area contributed by atoms with E-state index in [0.717, 1.165) is 31.6 Å². The first kappa shape index (κ1) is 26.9. The highest BCUT2D eigenvalue weighted by molar-refractivity contribution is 14.0. The third kappa shape index (κ3) is 7.92. The highest BCUT2D eigenvalue weighted by Gasteiger charge is 2.32. The molecule has 11 heteroatoms. The summed E-state index contributed by atoms with van der Waals surface area (Å²) in [6, 6.07) is 4.38. The lowest BCUT2D eigenvalue weighted by atomic mass is 10.1. The van der Waals surface area contributed by atoms with Crippen LogP contribution in [0, 0.1) is 0 Å². The van der Waals surface area contributed by atoms with Gasteiger partial charge in [0.05, 0.1) is 24.8 Å². The minimum absolute atomic E-state index is 0. The van der Waals surface area contributed by atoms with E-state index in [2.05, 4.69) is 15.2 Å². The van der Waals surface area contributed by atoms with Crippen LogP contribution in [0.5, 0.6) is 5.75 Å². The van der Waals surface area contributed by atoms with Crippen LogP contribution in [-0.2, 0) is 15.7 Å². The number of halogens is 4. The van der Waals surface area contributed by atoms with E-state index in [1.54, 1.807) is 0 Å². The topological polar surface area (TPSA) is 75.6 Å². The Balaban J connectivity index is 0.00000363. The van der Waals surface area contributed by atoms with Crippen LogP contribution in [-0.4, -0.2) is 80.3 Å². The molecular weight excluding hydrogens is 542 g/mol. The number of morpholine rings is 1. The molecule has 0 aromatic heterocycles. The van der Waals surface area contributed by atoms with Gasteiger partial charge in [0.15, 0.2) is 5.96 Å². The van der Waals surface area contributed by atoms with Gasteiger partial charge in [-0.15, -0.1) is 24.0 Å². The van der Waals surface area contributed by atoms with Crippen molar-refractivity contribution in [1.29, 1.82) is 0 Å². The van der Waals surface area contributed by atoms with Crippen molar-refractivity contribution in [2.45, 2.75) is 44.3 Å². The number of nitrogens with one attached hydrogen (secondary N) is 1. The second-order valence-electron chi connectivity index (χ2n) is 7.59. The van der Waals surface area contributed by atoms with E-state index in [9.17, 15) is 18.3 Å². The van der Waals surface area contributed by atoms with Crippen LogP contribution in [0.15, 0.2) is 29.3 Å². The summed E-state index contributed by atoms with van der Waals surface area (Å²) in [5.74, 6) is 0.942. The Morgan fingerprint density at radius 1 is 1.25 bits per heavy atom. The fraction of sp³-hybridized carbons (Fsp3) is 0.667. The van der Waals surface area contributed by atoms with Gasteiger partial charge in [0.25, 0.3) is 0 Å². The molecule has 0 aliphatic carbocycles. The quantitative estimate of drug-likeness (QED) is 0.297. The molecule has 0 saturated carbocycles. The van der Waals surface area contributed by atoms with Crippen molar-refractivity contribution < 1.29 is 32.5 Å². The molecule has 2 aliphatic heterocycles. The largest absolute Gasteiger partial charge is 0.491 e. The van der Waals surface area contributed by atoms with E-state index in [1.807, 2.05) is 6.92 Å². The number of guanidine groups is 1. The van der Waals surface area contributed by atoms with E-state index in [1.165, 1.54) is 12.1 Å². The first-order chi connectivity index (χ1) is 14.9. The Labute approximate surface area is 203 Å². The van der Waals surface area contributed by atoms with Crippen molar-refractivity contribution in [1.82, 2.24) is 10.2 Å². The summed E-state index contributed by atoms with van der Waals surface area (Å²) in [5.41, 5.74) is -0.743. The molecular formula is C21H31F3IN3O4. The molecule has 0 amide bonds. The third-order valence-electron chi connectivity index (χ3n) is 5.18. The number of alkyl halides is 3. The fourth-order valence-corrected chi connectivity index (χ4v) is 3.59. The maximum atomic E-state index is 12.6. The van der Waals surface area contributed by atoms with Gasteiger partial charge in [-0.3, -0.25) is 4.99 Å². The summed E-state index contributed by atoms with van der Waals surface area (Å²) in [5, 5.41) is 13.5. The zero-order chi connectivity index (χ0) is 22.3. The molecule has 2 saturated heterocycles. The van der Waals surface area contributed by atoms with Crippen LogP contribution in [0.1, 0.15) is 25.3 Å². The molecule has 2 fully saturated rings. The smallest absolute Gasteiger partial charge is 0.416 e. The Kier molecular flexibility index (Phi) is 10.8. The minimum atomic E-state index is -4.39. The van der Waals surface area contributed by atoms with Gasteiger partial charge in [0, 0.05) is 26.2 Å². The molecule has 0 spiro atoms. The lowest BCUT2D eigenvalue weighted by Gasteiger charge is -2.37. The number of aliphatic hydroxyl groups is 1. The molecule has 1 aromatic rings. The lowest BCUT2D eigenvalue weighted by Crippen LogP contribution is -2.53. The number of rotatable bonds is 7. The van der Waals surface area contributed by atoms with Crippen molar-refractivity contribution >= 4 is 29.9 Å². The van der Waals surface area contributed by atoms with Crippen LogP contribution in [0.25, 0.3) is 0 Å². The molecule has 3 unspecified atom stereocenters. The number of hydrogen-bond donors (Lipinski definition) is 2. The Hall–Kier alpha value is -1.31. The van der Waals surface area contributed by atoms with Crippen molar-refractivity contribution in [3.63, 3.8) is 0 Å². The number of aliphatic imine (C=N–C) groups is 1. The molecule has 0 radical (unpaired) electrons. The summed E-state index contributed by atoms with van der Waals surface area (Å²) in [6.07, 6.45) is -3.15. The van der Waals surface area contributed by atoms with Crippen LogP contribution in [0.2, 0.25) is 0 Å². The second-order valence-corrected chi connectivity index (χ2v) is 7.59. The zero-order valence-corrected chi connectivity index (χ0v) is 20.3. The van der Waals surface area contributed by atoms with Gasteiger partial charge in [-0.05, 0) is 44.0 Å². The van der Waals surface area contributed by atoms with Crippen molar-refractivity contribution in [2.75, 3.05) is 46.0 Å². The van der Waals surface area contributed by atoms with Crippen molar-refractivity contribution in [3.8, 4) is 5.75 Å². The Morgan fingerprint density at radius 3 is 2.59 bits per heavy atom. The Bertz CT molecular complexity index is 715. The summed E-state index contributed by atoms with van der Waals surface area (Å²) in [7, 11) is 0. The van der Waals surface area contributed by atoms with Gasteiger partial charge >= 0.3 is 6.18 Å². The van der Waals surface area contributed by atoms with Gasteiger partial charge in [-0.1, -0.05) is 0 Å². The lowest BCUT2D eigenvalue weighted by molar-refractivity contribution is -0.137. The molecule has 2 aliphatic rings. The number of aliphatic hydroxyl groups excluding tert-OH is 1. The second kappa shape index (κ2) is 12.8. The molecule has 1 aromatic carbocycles. The molecule has 7 nitrogen and oxygen atoms in total.